The zero-order chi connectivity index (χ0) is 27.7. The average molecular weight is 535 g/mol. The standard InChI is InChI=1S/C31H43FN6O/c1-4-5-20-39-29-11-6-8-26(21-29)24(2)38(32)28-10-7-9-27(22-28)36-31(14-18-37(3)19-15-31)23-35-30(33)25-12-16-34-17-13-25/h6-13,16-17,21-22,24,30,35-36H,4-5,14-15,18-20,23,33H2,1-3H3/t24-,30?/m1/s1. The van der Waals surface area contributed by atoms with Crippen molar-refractivity contribution in [3.05, 3.63) is 84.2 Å². The molecule has 4 N–H and O–H groups in total. The molecule has 0 saturated carbocycles. The minimum Gasteiger partial charge on any atom is -0.494 e. The predicted octanol–water partition coefficient (Wildman–Crippen LogP) is 5.84. The summed E-state index contributed by atoms with van der Waals surface area (Å²) in [6, 6.07) is 18.7. The van der Waals surface area contributed by atoms with Gasteiger partial charge in [-0.2, -0.15) is 0 Å². The van der Waals surface area contributed by atoms with E-state index in [0.717, 1.165) is 66.5 Å². The highest BCUT2D eigenvalue weighted by atomic mass is 19.2. The number of benzene rings is 2. The van der Waals surface area contributed by atoms with E-state index in [-0.39, 0.29) is 11.7 Å². The number of hydrogen-bond donors (Lipinski definition) is 3. The lowest BCUT2D eigenvalue weighted by molar-refractivity contribution is 0.198. The van der Waals surface area contributed by atoms with Gasteiger partial charge in [-0.15, -0.1) is 0 Å². The van der Waals surface area contributed by atoms with Crippen LogP contribution in [0.1, 0.15) is 62.9 Å². The van der Waals surface area contributed by atoms with E-state index in [1.165, 1.54) is 0 Å². The molecule has 1 unspecified atom stereocenters. The molecule has 2 atom stereocenters. The Morgan fingerprint density at radius 1 is 1.08 bits per heavy atom. The third kappa shape index (κ3) is 7.91. The molecule has 0 bridgehead atoms. The van der Waals surface area contributed by atoms with Crippen molar-refractivity contribution < 1.29 is 9.22 Å². The maximum Gasteiger partial charge on any atom is 0.119 e. The third-order valence-electron chi connectivity index (χ3n) is 7.62. The van der Waals surface area contributed by atoms with Gasteiger partial charge in [0.1, 0.15) is 5.75 Å². The van der Waals surface area contributed by atoms with E-state index in [4.69, 9.17) is 10.5 Å². The maximum absolute atomic E-state index is 15.7. The second kappa shape index (κ2) is 13.7. The number of hydrogen-bond acceptors (Lipinski definition) is 7. The molecule has 1 aliphatic heterocycles. The monoisotopic (exact) mass is 534 g/mol. The minimum atomic E-state index is -0.465. The van der Waals surface area contributed by atoms with Crippen LogP contribution in [0, 0.1) is 0 Å². The number of rotatable bonds is 13. The Kier molecular flexibility index (Phi) is 10.1. The second-order valence-corrected chi connectivity index (χ2v) is 10.7. The van der Waals surface area contributed by atoms with Gasteiger partial charge in [0.25, 0.3) is 0 Å². The van der Waals surface area contributed by atoms with Crippen molar-refractivity contribution in [3.63, 3.8) is 0 Å². The molecule has 1 saturated heterocycles. The Balaban J connectivity index is 1.46. The van der Waals surface area contributed by atoms with E-state index in [9.17, 15) is 0 Å². The first-order valence-electron chi connectivity index (χ1n) is 14.0. The molecule has 1 aliphatic rings. The molecular formula is C31H43FN6O. The summed E-state index contributed by atoms with van der Waals surface area (Å²) >= 11 is 0. The Hall–Kier alpha value is -3.20. The van der Waals surface area contributed by atoms with Crippen molar-refractivity contribution in [1.82, 2.24) is 15.2 Å². The molecule has 7 nitrogen and oxygen atoms in total. The molecule has 210 valence electrons. The fourth-order valence-corrected chi connectivity index (χ4v) is 4.96. The number of piperidine rings is 1. The molecule has 1 aromatic heterocycles. The quantitative estimate of drug-likeness (QED) is 0.145. The van der Waals surface area contributed by atoms with Crippen LogP contribution in [0.4, 0.5) is 15.9 Å². The Morgan fingerprint density at radius 2 is 1.82 bits per heavy atom. The van der Waals surface area contributed by atoms with E-state index >= 15 is 4.48 Å². The highest BCUT2D eigenvalue weighted by Gasteiger charge is 2.34. The first-order valence-corrected chi connectivity index (χ1v) is 14.0. The first-order chi connectivity index (χ1) is 18.9. The van der Waals surface area contributed by atoms with Crippen LogP contribution in [0.2, 0.25) is 0 Å². The van der Waals surface area contributed by atoms with Gasteiger partial charge in [-0.1, -0.05) is 36.0 Å². The molecule has 0 amide bonds. The summed E-state index contributed by atoms with van der Waals surface area (Å²) in [5.74, 6) is 0.776. The maximum atomic E-state index is 15.7. The largest absolute Gasteiger partial charge is 0.494 e. The van der Waals surface area contributed by atoms with Crippen LogP contribution >= 0.6 is 0 Å². The molecular weight excluding hydrogens is 491 g/mol. The molecule has 8 heteroatoms. The minimum absolute atomic E-state index is 0.202. The van der Waals surface area contributed by atoms with Gasteiger partial charge in [-0.25, -0.2) is 5.12 Å². The summed E-state index contributed by atoms with van der Waals surface area (Å²) in [7, 11) is 2.15. The second-order valence-electron chi connectivity index (χ2n) is 10.7. The van der Waals surface area contributed by atoms with Gasteiger partial charge in [-0.05, 0) is 86.8 Å². The van der Waals surface area contributed by atoms with Crippen molar-refractivity contribution >= 4 is 11.4 Å². The van der Waals surface area contributed by atoms with Gasteiger partial charge in [0.15, 0.2) is 0 Å². The number of aromatic nitrogens is 1. The fraction of sp³-hybridized carbons (Fsp3) is 0.452. The summed E-state index contributed by atoms with van der Waals surface area (Å²) in [6.45, 7) is 7.31. The highest BCUT2D eigenvalue weighted by molar-refractivity contribution is 5.59. The zero-order valence-corrected chi connectivity index (χ0v) is 23.4. The third-order valence-corrected chi connectivity index (χ3v) is 7.62. The Bertz CT molecular complexity index is 1150. The SMILES string of the molecule is CCCCOc1cccc([C@@H](C)N(F)c2cccc(NC3(CNC(N)c4ccncc4)CCN(C)CC3)c2)c1. The van der Waals surface area contributed by atoms with Crippen LogP contribution in [0.3, 0.4) is 0 Å². The van der Waals surface area contributed by atoms with E-state index in [1.54, 1.807) is 12.4 Å². The Morgan fingerprint density at radius 3 is 2.56 bits per heavy atom. The molecule has 2 aromatic carbocycles. The van der Waals surface area contributed by atoms with Crippen LogP contribution in [0.25, 0.3) is 0 Å². The van der Waals surface area contributed by atoms with Crippen LogP contribution in [0.15, 0.2) is 73.1 Å². The van der Waals surface area contributed by atoms with E-state index in [1.807, 2.05) is 67.6 Å². The average Bonchev–Trinajstić information content (AvgIpc) is 2.97. The van der Waals surface area contributed by atoms with Gasteiger partial charge in [0.05, 0.1) is 30.0 Å². The number of unbranched alkanes of at least 4 members (excludes halogenated alkanes) is 1. The highest BCUT2D eigenvalue weighted by Crippen LogP contribution is 2.33. The molecule has 39 heavy (non-hydrogen) atoms. The molecule has 0 spiro atoms. The normalized spacial score (nSPS) is 16.8. The number of nitrogens with one attached hydrogen (secondary N) is 2. The van der Waals surface area contributed by atoms with Gasteiger partial charge in [0, 0.05) is 37.7 Å². The van der Waals surface area contributed by atoms with E-state index in [2.05, 4.69) is 34.5 Å². The van der Waals surface area contributed by atoms with Crippen molar-refractivity contribution in [3.8, 4) is 5.75 Å². The summed E-state index contributed by atoms with van der Waals surface area (Å²) in [5, 5.41) is 8.11. The molecule has 4 rings (SSSR count). The van der Waals surface area contributed by atoms with Crippen molar-refractivity contribution in [2.45, 2.75) is 57.3 Å². The van der Waals surface area contributed by atoms with Gasteiger partial charge in [-0.3, -0.25) is 10.3 Å². The van der Waals surface area contributed by atoms with Crippen LogP contribution in [0.5, 0.6) is 5.75 Å². The lowest BCUT2D eigenvalue weighted by Crippen LogP contribution is -2.55. The number of nitrogens with zero attached hydrogens (tertiary/aromatic N) is 3. The number of halogens is 1. The van der Waals surface area contributed by atoms with Gasteiger partial charge in [0.2, 0.25) is 0 Å². The molecule has 1 fully saturated rings. The fourth-order valence-electron chi connectivity index (χ4n) is 4.96. The number of likely N-dealkylation sites (tertiary alicyclic amines) is 1. The number of pyridine rings is 1. The topological polar surface area (TPSA) is 78.7 Å². The zero-order valence-electron chi connectivity index (χ0n) is 23.4. The van der Waals surface area contributed by atoms with Crippen LogP contribution in [-0.2, 0) is 0 Å². The summed E-state index contributed by atoms with van der Waals surface area (Å²) in [4.78, 5) is 6.42. The number of ether oxygens (including phenoxy) is 1. The molecule has 3 aromatic rings. The number of anilines is 2. The molecule has 0 aliphatic carbocycles. The van der Waals surface area contributed by atoms with E-state index < -0.39 is 6.04 Å². The summed E-state index contributed by atoms with van der Waals surface area (Å²) in [5.41, 5.74) is 9.51. The van der Waals surface area contributed by atoms with Crippen molar-refractivity contribution in [2.24, 2.45) is 5.73 Å². The van der Waals surface area contributed by atoms with Gasteiger partial charge < -0.3 is 20.7 Å². The molecule has 2 heterocycles. The molecule has 0 radical (unpaired) electrons. The van der Waals surface area contributed by atoms with Gasteiger partial charge >= 0.3 is 0 Å². The van der Waals surface area contributed by atoms with Crippen LogP contribution < -0.4 is 26.2 Å². The summed E-state index contributed by atoms with van der Waals surface area (Å²) < 4.78 is 21.6. The first kappa shape index (κ1) is 28.8. The smallest absolute Gasteiger partial charge is 0.119 e. The lowest BCUT2D eigenvalue weighted by atomic mass is 9.86. The van der Waals surface area contributed by atoms with E-state index in [0.29, 0.717) is 18.8 Å². The van der Waals surface area contributed by atoms with Crippen LogP contribution in [-0.4, -0.2) is 48.7 Å². The van der Waals surface area contributed by atoms with Crippen molar-refractivity contribution in [1.29, 1.82) is 0 Å². The van der Waals surface area contributed by atoms with Crippen molar-refractivity contribution in [2.75, 3.05) is 43.7 Å². The predicted molar refractivity (Wildman–Crippen MR) is 158 cm³/mol. The lowest BCUT2D eigenvalue weighted by Gasteiger charge is -2.43. The number of nitrogens with two attached hydrogens (primary N) is 1. The Labute approximate surface area is 232 Å². The summed E-state index contributed by atoms with van der Waals surface area (Å²) in [6.07, 6.45) is 7.19.